The lowest BCUT2D eigenvalue weighted by Crippen LogP contribution is -2.63. The molecule has 5 aliphatic rings. The molecule has 0 unspecified atom stereocenters. The number of nitrogens with zero attached hydrogens (tertiary/aromatic N) is 1. The summed E-state index contributed by atoms with van der Waals surface area (Å²) in [6, 6.07) is 0. The number of hydrogen-bond acceptors (Lipinski definition) is 11. The van der Waals surface area contributed by atoms with Gasteiger partial charge in [-0.15, -0.1) is 0 Å². The quantitative estimate of drug-likeness (QED) is 0.105. The van der Waals surface area contributed by atoms with E-state index >= 15 is 0 Å². The van der Waals surface area contributed by atoms with E-state index in [-0.39, 0.29) is 53.9 Å². The first-order valence-corrected chi connectivity index (χ1v) is 21.4. The molecular formula is C43H73NO11. The summed E-state index contributed by atoms with van der Waals surface area (Å²) in [5.41, 5.74) is -1.64. The molecule has 55 heavy (non-hydrogen) atoms. The van der Waals surface area contributed by atoms with Crippen LogP contribution in [-0.4, -0.2) is 110 Å². The molecule has 2 spiro atoms. The fraction of sp³-hybridized carbons (Fsp3) is 0.907. The van der Waals surface area contributed by atoms with Gasteiger partial charge in [0.2, 0.25) is 5.79 Å². The predicted octanol–water partition coefficient (Wildman–Crippen LogP) is 5.95. The topological polar surface area (TPSA) is 164 Å². The Morgan fingerprint density at radius 3 is 2.18 bits per heavy atom. The Bertz CT molecular complexity index is 1380. The smallest absolute Gasteiger partial charge is 0.251 e. The summed E-state index contributed by atoms with van der Waals surface area (Å²) < 4.78 is 33.7. The third-order valence-electron chi connectivity index (χ3n) is 14.8. The zero-order chi connectivity index (χ0) is 40.8. The molecule has 4 saturated heterocycles. The molecule has 5 aliphatic heterocycles. The van der Waals surface area contributed by atoms with Crippen molar-refractivity contribution in [2.75, 3.05) is 7.05 Å². The van der Waals surface area contributed by atoms with Gasteiger partial charge in [-0.2, -0.15) is 0 Å². The zero-order valence-corrected chi connectivity index (χ0v) is 35.4. The van der Waals surface area contributed by atoms with E-state index < -0.39 is 64.8 Å². The highest BCUT2D eigenvalue weighted by molar-refractivity contribution is 5.84. The van der Waals surface area contributed by atoms with Crippen molar-refractivity contribution in [3.8, 4) is 0 Å². The minimum absolute atomic E-state index is 0.0101. The number of carbonyl (C=O) groups is 2. The average Bonchev–Trinajstić information content (AvgIpc) is 3.50. The van der Waals surface area contributed by atoms with Crippen LogP contribution in [0, 0.1) is 41.4 Å². The van der Waals surface area contributed by atoms with Crippen LogP contribution in [0.4, 0.5) is 0 Å². The van der Waals surface area contributed by atoms with Crippen LogP contribution < -0.4 is 0 Å². The number of aliphatic hydroxyl groups is 3. The Hall–Kier alpha value is -1.48. The summed E-state index contributed by atoms with van der Waals surface area (Å²) in [7, 11) is 1.33. The molecule has 0 aromatic rings. The van der Waals surface area contributed by atoms with Crippen molar-refractivity contribution in [1.82, 2.24) is 5.06 Å². The summed E-state index contributed by atoms with van der Waals surface area (Å²) in [6.07, 6.45) is 5.60. The maximum atomic E-state index is 14.5. The Labute approximate surface area is 329 Å². The second kappa shape index (κ2) is 17.0. The molecule has 4 fully saturated rings. The van der Waals surface area contributed by atoms with Crippen molar-refractivity contribution in [3.63, 3.8) is 0 Å². The molecule has 4 N–H and O–H groups in total. The van der Waals surface area contributed by atoms with Crippen LogP contribution in [0.15, 0.2) is 12.2 Å². The van der Waals surface area contributed by atoms with Crippen LogP contribution in [0.2, 0.25) is 0 Å². The lowest BCUT2D eigenvalue weighted by Gasteiger charge is -2.54. The standard InChI is InChI=1S/C43H73NO11/c1-12-30(39(48)44(11)50)32-16-15-24(4)37(52-32)28(8)35(46)27(7)36(47)31(13-2)38-25(5)23-26(6)42(53-38)20-17-33(45)43(55-42)22-21-40(10,54-43)34-18-19-41(49,14-3)29(9)51-34/h17,20,24-35,37-38,45-46,49-50H,12-16,18-19,21-23H2,1-11H3/t24-,25-,26+,27-,28-,29-,30+,31-,32+,33+,34+,35+,37+,38-,40-,41+,42-,43-/m0/s1. The number of ether oxygens (including phenoxy) is 5. The minimum Gasteiger partial charge on any atom is -0.392 e. The zero-order valence-electron chi connectivity index (χ0n) is 35.4. The van der Waals surface area contributed by atoms with E-state index in [9.17, 15) is 30.1 Å². The van der Waals surface area contributed by atoms with Crippen molar-refractivity contribution in [2.24, 2.45) is 41.4 Å². The molecule has 316 valence electrons. The monoisotopic (exact) mass is 780 g/mol. The van der Waals surface area contributed by atoms with E-state index in [1.165, 1.54) is 7.05 Å². The van der Waals surface area contributed by atoms with Crippen molar-refractivity contribution >= 4 is 11.7 Å². The molecule has 0 aromatic carbocycles. The lowest BCUT2D eigenvalue weighted by molar-refractivity contribution is -0.409. The van der Waals surface area contributed by atoms with E-state index in [0.717, 1.165) is 6.42 Å². The van der Waals surface area contributed by atoms with Crippen LogP contribution in [0.25, 0.3) is 0 Å². The third kappa shape index (κ3) is 8.37. The second-order valence-corrected chi connectivity index (χ2v) is 18.4. The summed E-state index contributed by atoms with van der Waals surface area (Å²) in [4.78, 5) is 27.3. The van der Waals surface area contributed by atoms with Gasteiger partial charge < -0.3 is 39.0 Å². The van der Waals surface area contributed by atoms with E-state index in [2.05, 4.69) is 20.8 Å². The predicted molar refractivity (Wildman–Crippen MR) is 206 cm³/mol. The van der Waals surface area contributed by atoms with Gasteiger partial charge in [0.1, 0.15) is 11.9 Å². The first-order chi connectivity index (χ1) is 25.7. The van der Waals surface area contributed by atoms with Gasteiger partial charge in [-0.1, -0.05) is 55.4 Å². The molecule has 0 bridgehead atoms. The second-order valence-electron chi connectivity index (χ2n) is 18.4. The molecular weight excluding hydrogens is 706 g/mol. The fourth-order valence-corrected chi connectivity index (χ4v) is 10.7. The third-order valence-corrected chi connectivity index (χ3v) is 14.8. The van der Waals surface area contributed by atoms with Crippen LogP contribution in [0.5, 0.6) is 0 Å². The highest BCUT2D eigenvalue weighted by atomic mass is 16.8. The van der Waals surface area contributed by atoms with Gasteiger partial charge in [-0.05, 0) is 95.6 Å². The van der Waals surface area contributed by atoms with Gasteiger partial charge >= 0.3 is 0 Å². The summed E-state index contributed by atoms with van der Waals surface area (Å²) >= 11 is 0. The highest BCUT2D eigenvalue weighted by Crippen LogP contribution is 2.54. The highest BCUT2D eigenvalue weighted by Gasteiger charge is 2.63. The number of carbonyl (C=O) groups excluding carboxylic acids is 2. The summed E-state index contributed by atoms with van der Waals surface area (Å²) in [5, 5.41) is 44.8. The molecule has 18 atom stereocenters. The van der Waals surface area contributed by atoms with Crippen molar-refractivity contribution in [1.29, 1.82) is 0 Å². The van der Waals surface area contributed by atoms with Crippen molar-refractivity contribution in [3.05, 3.63) is 12.2 Å². The minimum atomic E-state index is -1.37. The Kier molecular flexibility index (Phi) is 13.8. The van der Waals surface area contributed by atoms with Crippen LogP contribution >= 0.6 is 0 Å². The molecule has 1 amide bonds. The van der Waals surface area contributed by atoms with Gasteiger partial charge in [0.05, 0.1) is 53.7 Å². The van der Waals surface area contributed by atoms with Crippen LogP contribution in [-0.2, 0) is 33.3 Å². The molecule has 0 radical (unpaired) electrons. The molecule has 12 heteroatoms. The number of ketones is 1. The number of Topliss-reactive ketones (excluding diaryl/α,β-unsaturated/α-hetero) is 1. The number of hydrogen-bond donors (Lipinski definition) is 4. The largest absolute Gasteiger partial charge is 0.392 e. The van der Waals surface area contributed by atoms with Gasteiger partial charge in [0.15, 0.2) is 5.79 Å². The van der Waals surface area contributed by atoms with E-state index in [1.54, 1.807) is 19.1 Å². The first-order valence-electron chi connectivity index (χ1n) is 21.4. The van der Waals surface area contributed by atoms with E-state index in [1.807, 2.05) is 41.5 Å². The number of hydroxylamine groups is 2. The summed E-state index contributed by atoms with van der Waals surface area (Å²) in [5.74, 6) is -5.21. The van der Waals surface area contributed by atoms with Crippen LogP contribution in [0.1, 0.15) is 133 Å². The maximum absolute atomic E-state index is 14.5. The molecule has 12 nitrogen and oxygen atoms in total. The lowest BCUT2D eigenvalue weighted by atomic mass is 9.72. The number of amides is 1. The van der Waals surface area contributed by atoms with Gasteiger partial charge in [-0.3, -0.25) is 14.8 Å². The number of aliphatic hydroxyl groups excluding tert-OH is 2. The Morgan fingerprint density at radius 2 is 1.58 bits per heavy atom. The normalized spacial score (nSPS) is 44.9. The molecule has 0 saturated carbocycles. The number of rotatable bonds is 12. The SMILES string of the molecule is CC[C@@H](C(=O)[C@@H](C)[C@@H](O)[C@H](C)[C@@H]1O[C@@H]([C@@H](CC)C(=O)N(C)O)CC[C@@H]1C)[C@H]1O[C@]2(C=C[C@@H](O)[C@]3(CC[C@@](C)([C@H]4CC[C@](O)(CC)[C@H](C)O4)O3)O2)[C@H](C)C[C@@H]1C. The van der Waals surface area contributed by atoms with E-state index in [0.29, 0.717) is 62.9 Å². The van der Waals surface area contributed by atoms with Crippen LogP contribution in [0.3, 0.4) is 0 Å². The van der Waals surface area contributed by atoms with Crippen molar-refractivity contribution in [2.45, 2.75) is 199 Å². The molecule has 5 heterocycles. The van der Waals surface area contributed by atoms with Crippen molar-refractivity contribution < 1.29 is 53.8 Å². The van der Waals surface area contributed by atoms with Gasteiger partial charge in [0, 0.05) is 37.1 Å². The van der Waals surface area contributed by atoms with Gasteiger partial charge in [0.25, 0.3) is 5.91 Å². The van der Waals surface area contributed by atoms with E-state index in [4.69, 9.17) is 23.7 Å². The Morgan fingerprint density at radius 1 is 0.909 bits per heavy atom. The first kappa shape index (κ1) is 44.6. The molecule has 0 aliphatic carbocycles. The molecule has 0 aromatic heterocycles. The van der Waals surface area contributed by atoms with Gasteiger partial charge in [-0.25, -0.2) is 5.06 Å². The molecule has 5 rings (SSSR count). The average molecular weight is 780 g/mol. The summed E-state index contributed by atoms with van der Waals surface area (Å²) in [6.45, 7) is 19.7. The Balaban J connectivity index is 1.31. The maximum Gasteiger partial charge on any atom is 0.251 e. The fourth-order valence-electron chi connectivity index (χ4n) is 10.7.